The number of hydrogen-bond donors (Lipinski definition) is 1. The second-order valence-electron chi connectivity index (χ2n) is 4.21. The van der Waals surface area contributed by atoms with Gasteiger partial charge < -0.3 is 5.32 Å². The fourth-order valence-electron chi connectivity index (χ4n) is 1.66. The third-order valence-electron chi connectivity index (χ3n) is 2.64. The number of rotatable bonds is 3. The van der Waals surface area contributed by atoms with Gasteiger partial charge in [-0.1, -0.05) is 39.7 Å². The molecule has 1 N–H and O–H groups in total. The van der Waals surface area contributed by atoms with Crippen LogP contribution in [0.25, 0.3) is 0 Å². The predicted octanol–water partition coefficient (Wildman–Crippen LogP) is 5.73. The SMILES string of the molecule is FC(F)(F)c1cc(Br)cc(NCc2ccc(Cl)cc2)c1. The zero-order valence-corrected chi connectivity index (χ0v) is 12.5. The Balaban J connectivity index is 2.13. The summed E-state index contributed by atoms with van der Waals surface area (Å²) in [6.45, 7) is 0.422. The van der Waals surface area contributed by atoms with Crippen LogP contribution in [-0.2, 0) is 12.7 Å². The highest BCUT2D eigenvalue weighted by atomic mass is 79.9. The van der Waals surface area contributed by atoms with E-state index in [0.29, 0.717) is 21.7 Å². The number of benzene rings is 2. The van der Waals surface area contributed by atoms with Gasteiger partial charge in [-0.25, -0.2) is 0 Å². The van der Waals surface area contributed by atoms with E-state index in [-0.39, 0.29) is 0 Å². The molecule has 1 nitrogen and oxygen atoms in total. The van der Waals surface area contributed by atoms with Crippen molar-refractivity contribution >= 4 is 33.2 Å². The van der Waals surface area contributed by atoms with Gasteiger partial charge in [0.25, 0.3) is 0 Å². The van der Waals surface area contributed by atoms with Gasteiger partial charge in [0.1, 0.15) is 0 Å². The van der Waals surface area contributed by atoms with Crippen LogP contribution in [0.1, 0.15) is 11.1 Å². The van der Waals surface area contributed by atoms with E-state index in [1.807, 2.05) is 12.1 Å². The Morgan fingerprint density at radius 3 is 2.30 bits per heavy atom. The highest BCUT2D eigenvalue weighted by Gasteiger charge is 2.31. The van der Waals surface area contributed by atoms with Crippen LogP contribution in [0, 0.1) is 0 Å². The Bertz CT molecular complexity index is 596. The molecule has 0 aliphatic carbocycles. The topological polar surface area (TPSA) is 12.0 Å². The average molecular weight is 365 g/mol. The van der Waals surface area contributed by atoms with Crippen molar-refractivity contribution in [2.24, 2.45) is 0 Å². The molecule has 0 atom stereocenters. The van der Waals surface area contributed by atoms with Gasteiger partial charge in [-0.05, 0) is 35.9 Å². The molecule has 0 unspecified atom stereocenters. The smallest absolute Gasteiger partial charge is 0.381 e. The monoisotopic (exact) mass is 363 g/mol. The second kappa shape index (κ2) is 6.06. The fourth-order valence-corrected chi connectivity index (χ4v) is 2.28. The van der Waals surface area contributed by atoms with Crippen LogP contribution in [-0.4, -0.2) is 0 Å². The molecule has 0 saturated carbocycles. The summed E-state index contributed by atoms with van der Waals surface area (Å²) in [7, 11) is 0. The first kappa shape index (κ1) is 15.2. The summed E-state index contributed by atoms with van der Waals surface area (Å²) in [5.41, 5.74) is 0.648. The lowest BCUT2D eigenvalue weighted by atomic mass is 10.2. The Morgan fingerprint density at radius 1 is 1.05 bits per heavy atom. The van der Waals surface area contributed by atoms with E-state index in [0.717, 1.165) is 17.7 Å². The van der Waals surface area contributed by atoms with E-state index in [1.54, 1.807) is 18.2 Å². The molecule has 2 aromatic rings. The van der Waals surface area contributed by atoms with Crippen molar-refractivity contribution in [3.63, 3.8) is 0 Å². The first-order valence-electron chi connectivity index (χ1n) is 5.71. The maximum atomic E-state index is 12.7. The van der Waals surface area contributed by atoms with Crippen molar-refractivity contribution in [3.8, 4) is 0 Å². The molecule has 106 valence electrons. The van der Waals surface area contributed by atoms with Crippen LogP contribution in [0.3, 0.4) is 0 Å². The summed E-state index contributed by atoms with van der Waals surface area (Å²) in [5, 5.41) is 3.58. The van der Waals surface area contributed by atoms with Crippen LogP contribution in [0.15, 0.2) is 46.9 Å². The van der Waals surface area contributed by atoms with Crippen molar-refractivity contribution in [1.29, 1.82) is 0 Å². The van der Waals surface area contributed by atoms with Crippen LogP contribution in [0.5, 0.6) is 0 Å². The minimum atomic E-state index is -4.36. The minimum absolute atomic E-state index is 0.380. The van der Waals surface area contributed by atoms with Gasteiger partial charge in [-0.15, -0.1) is 0 Å². The molecule has 0 aliphatic heterocycles. The molecular formula is C14H10BrClF3N. The summed E-state index contributed by atoms with van der Waals surface area (Å²) < 4.78 is 38.5. The molecule has 0 aliphatic rings. The van der Waals surface area contributed by atoms with Gasteiger partial charge >= 0.3 is 6.18 Å². The lowest BCUT2D eigenvalue weighted by molar-refractivity contribution is -0.137. The molecule has 2 rings (SSSR count). The van der Waals surface area contributed by atoms with Gasteiger partial charge in [-0.3, -0.25) is 0 Å². The summed E-state index contributed by atoms with van der Waals surface area (Å²) in [6.07, 6.45) is -4.36. The van der Waals surface area contributed by atoms with Crippen molar-refractivity contribution in [3.05, 3.63) is 63.1 Å². The largest absolute Gasteiger partial charge is 0.416 e. The van der Waals surface area contributed by atoms with E-state index >= 15 is 0 Å². The lowest BCUT2D eigenvalue weighted by Gasteiger charge is -2.12. The highest BCUT2D eigenvalue weighted by Crippen LogP contribution is 2.33. The van der Waals surface area contributed by atoms with Gasteiger partial charge in [0.05, 0.1) is 5.56 Å². The first-order valence-corrected chi connectivity index (χ1v) is 6.88. The summed E-state index contributed by atoms with van der Waals surface area (Å²) in [5.74, 6) is 0. The average Bonchev–Trinajstić information content (AvgIpc) is 2.36. The van der Waals surface area contributed by atoms with E-state index in [9.17, 15) is 13.2 Å². The third-order valence-corrected chi connectivity index (χ3v) is 3.34. The molecule has 20 heavy (non-hydrogen) atoms. The predicted molar refractivity (Wildman–Crippen MR) is 77.9 cm³/mol. The number of halogens is 5. The van der Waals surface area contributed by atoms with Gasteiger partial charge in [0, 0.05) is 21.7 Å². The van der Waals surface area contributed by atoms with E-state index in [1.165, 1.54) is 0 Å². The summed E-state index contributed by atoms with van der Waals surface area (Å²) in [6, 6.07) is 10.8. The molecule has 0 spiro atoms. The third kappa shape index (κ3) is 4.15. The Morgan fingerprint density at radius 2 is 1.70 bits per heavy atom. The molecule has 0 amide bonds. The van der Waals surface area contributed by atoms with Crippen LogP contribution < -0.4 is 5.32 Å². The van der Waals surface area contributed by atoms with E-state index in [4.69, 9.17) is 11.6 Å². The van der Waals surface area contributed by atoms with Crippen molar-refractivity contribution < 1.29 is 13.2 Å². The van der Waals surface area contributed by atoms with Crippen molar-refractivity contribution in [2.45, 2.75) is 12.7 Å². The zero-order valence-electron chi connectivity index (χ0n) is 10.1. The van der Waals surface area contributed by atoms with E-state index in [2.05, 4.69) is 21.2 Å². The Labute approximate surface area is 127 Å². The first-order chi connectivity index (χ1) is 9.34. The molecule has 6 heteroatoms. The maximum Gasteiger partial charge on any atom is 0.416 e. The zero-order chi connectivity index (χ0) is 14.8. The molecule has 0 fully saturated rings. The Kier molecular flexibility index (Phi) is 4.60. The van der Waals surface area contributed by atoms with Gasteiger partial charge in [0.2, 0.25) is 0 Å². The second-order valence-corrected chi connectivity index (χ2v) is 5.56. The minimum Gasteiger partial charge on any atom is -0.381 e. The molecular weight excluding hydrogens is 355 g/mol. The fraction of sp³-hybridized carbons (Fsp3) is 0.143. The molecule has 0 bridgehead atoms. The molecule has 0 radical (unpaired) electrons. The van der Waals surface area contributed by atoms with Crippen LogP contribution >= 0.6 is 27.5 Å². The molecule has 0 saturated heterocycles. The summed E-state index contributed by atoms with van der Waals surface area (Å²) >= 11 is 8.85. The molecule has 0 heterocycles. The van der Waals surface area contributed by atoms with Gasteiger partial charge in [-0.2, -0.15) is 13.2 Å². The number of nitrogens with one attached hydrogen (secondary N) is 1. The lowest BCUT2D eigenvalue weighted by Crippen LogP contribution is -2.06. The number of alkyl halides is 3. The van der Waals surface area contributed by atoms with Crippen molar-refractivity contribution in [1.82, 2.24) is 0 Å². The quantitative estimate of drug-likeness (QED) is 0.733. The van der Waals surface area contributed by atoms with Crippen LogP contribution in [0.2, 0.25) is 5.02 Å². The maximum absolute atomic E-state index is 12.7. The van der Waals surface area contributed by atoms with E-state index < -0.39 is 11.7 Å². The normalized spacial score (nSPS) is 11.4. The number of anilines is 1. The van der Waals surface area contributed by atoms with Gasteiger partial charge in [0.15, 0.2) is 0 Å². The number of hydrogen-bond acceptors (Lipinski definition) is 1. The van der Waals surface area contributed by atoms with Crippen molar-refractivity contribution in [2.75, 3.05) is 5.32 Å². The molecule has 2 aromatic carbocycles. The highest BCUT2D eigenvalue weighted by molar-refractivity contribution is 9.10. The Hall–Kier alpha value is -1.20. The van der Waals surface area contributed by atoms with Crippen LogP contribution in [0.4, 0.5) is 18.9 Å². The standard InChI is InChI=1S/C14H10BrClF3N/c15-11-5-10(14(17,18)19)6-13(7-11)20-8-9-1-3-12(16)4-2-9/h1-7,20H,8H2. The molecule has 0 aromatic heterocycles. The summed E-state index contributed by atoms with van der Waals surface area (Å²) in [4.78, 5) is 0.